The third-order valence-corrected chi connectivity index (χ3v) is 5.65. The Balaban J connectivity index is 1.57. The van der Waals surface area contributed by atoms with Gasteiger partial charge in [0.2, 0.25) is 0 Å². The lowest BCUT2D eigenvalue weighted by molar-refractivity contribution is -0.123. The Morgan fingerprint density at radius 3 is 2.62 bits per heavy atom. The molecule has 0 unspecified atom stereocenters. The van der Waals surface area contributed by atoms with Gasteiger partial charge in [0.15, 0.2) is 6.10 Å². The number of hydrogen-bond acceptors (Lipinski definition) is 6. The van der Waals surface area contributed by atoms with E-state index in [-0.39, 0.29) is 0 Å². The number of furan rings is 1. The highest BCUT2D eigenvalue weighted by atomic mass is 32.1. The Labute approximate surface area is 171 Å². The number of carbonyl (C=O) groups excluding carboxylic acids is 2. The summed E-state index contributed by atoms with van der Waals surface area (Å²) in [7, 11) is 1.53. The van der Waals surface area contributed by atoms with Crippen LogP contribution in [0.1, 0.15) is 22.2 Å². The molecule has 2 heterocycles. The van der Waals surface area contributed by atoms with Crippen molar-refractivity contribution in [2.45, 2.75) is 20.0 Å². The molecule has 0 radical (unpaired) electrons. The van der Waals surface area contributed by atoms with Gasteiger partial charge in [-0.15, -0.1) is 11.3 Å². The summed E-state index contributed by atoms with van der Waals surface area (Å²) in [5, 5.41) is 6.43. The summed E-state index contributed by atoms with van der Waals surface area (Å²) in [6, 6.07) is 13.0. The van der Waals surface area contributed by atoms with Crippen LogP contribution in [-0.4, -0.2) is 25.1 Å². The summed E-state index contributed by atoms with van der Waals surface area (Å²) in [5.74, 6) is -0.480. The highest BCUT2D eigenvalue weighted by Crippen LogP contribution is 2.36. The van der Waals surface area contributed by atoms with E-state index in [9.17, 15) is 9.59 Å². The van der Waals surface area contributed by atoms with Gasteiger partial charge >= 0.3 is 5.97 Å². The van der Waals surface area contributed by atoms with E-state index in [1.165, 1.54) is 25.4 Å². The summed E-state index contributed by atoms with van der Waals surface area (Å²) in [5.41, 5.74) is 2.65. The van der Waals surface area contributed by atoms with Crippen LogP contribution in [0.3, 0.4) is 0 Å². The number of nitrogens with one attached hydrogen (secondary N) is 1. The predicted molar refractivity (Wildman–Crippen MR) is 113 cm³/mol. The second-order valence-electron chi connectivity index (χ2n) is 6.62. The van der Waals surface area contributed by atoms with E-state index < -0.39 is 18.0 Å². The summed E-state index contributed by atoms with van der Waals surface area (Å²) in [6.45, 7) is 3.35. The molecule has 0 aliphatic carbocycles. The number of benzene rings is 2. The molecule has 0 saturated carbocycles. The molecule has 148 valence electrons. The molecular weight excluding hydrogens is 390 g/mol. The van der Waals surface area contributed by atoms with Crippen molar-refractivity contribution in [3.63, 3.8) is 0 Å². The van der Waals surface area contributed by atoms with Crippen LogP contribution in [0, 0.1) is 6.92 Å². The van der Waals surface area contributed by atoms with Crippen LogP contribution in [0.15, 0.2) is 52.3 Å². The maximum absolute atomic E-state index is 12.6. The standard InChI is InChI=1S/C22H19NO5S/c1-12-8-9-29-20(12)22(25)27-13(2)21(24)23-16-11-18-15(10-19(16)26-3)14-6-4-5-7-17(14)28-18/h4-11,13H,1-3H3,(H,23,24)/t13-/m1/s1. The highest BCUT2D eigenvalue weighted by Gasteiger charge is 2.22. The van der Waals surface area contributed by atoms with Gasteiger partial charge in [0.25, 0.3) is 5.91 Å². The van der Waals surface area contributed by atoms with Crippen molar-refractivity contribution in [2.75, 3.05) is 12.4 Å². The molecular formula is C22H19NO5S. The van der Waals surface area contributed by atoms with E-state index in [4.69, 9.17) is 13.9 Å². The van der Waals surface area contributed by atoms with Crippen molar-refractivity contribution >= 4 is 50.8 Å². The molecule has 7 heteroatoms. The number of methoxy groups -OCH3 is 1. The summed E-state index contributed by atoms with van der Waals surface area (Å²) < 4.78 is 16.6. The van der Waals surface area contributed by atoms with Gasteiger partial charge in [-0.05, 0) is 43.0 Å². The number of esters is 1. The SMILES string of the molecule is COc1cc2c(cc1NC(=O)[C@@H](C)OC(=O)c1sccc1C)oc1ccccc12. The minimum Gasteiger partial charge on any atom is -0.495 e. The second kappa shape index (κ2) is 7.60. The number of ether oxygens (including phenoxy) is 2. The number of amides is 1. The number of anilines is 1. The molecule has 1 N–H and O–H groups in total. The lowest BCUT2D eigenvalue weighted by atomic mass is 10.1. The van der Waals surface area contributed by atoms with Crippen molar-refractivity contribution in [1.29, 1.82) is 0 Å². The third kappa shape index (κ3) is 3.56. The smallest absolute Gasteiger partial charge is 0.349 e. The molecule has 4 rings (SSSR count). The average molecular weight is 409 g/mol. The van der Waals surface area contributed by atoms with Gasteiger partial charge in [0, 0.05) is 16.8 Å². The van der Waals surface area contributed by atoms with Crippen LogP contribution in [0.5, 0.6) is 5.75 Å². The first-order valence-corrected chi connectivity index (χ1v) is 9.91. The third-order valence-electron chi connectivity index (χ3n) is 4.66. The zero-order valence-electron chi connectivity index (χ0n) is 16.1. The van der Waals surface area contributed by atoms with E-state index in [1.54, 1.807) is 6.07 Å². The first-order valence-electron chi connectivity index (χ1n) is 9.03. The maximum atomic E-state index is 12.6. The minimum absolute atomic E-state index is 0.444. The number of rotatable bonds is 5. The van der Waals surface area contributed by atoms with Gasteiger partial charge in [-0.2, -0.15) is 0 Å². The Morgan fingerprint density at radius 1 is 1.10 bits per heavy atom. The number of hydrogen-bond donors (Lipinski definition) is 1. The fraction of sp³-hybridized carbons (Fsp3) is 0.182. The van der Waals surface area contributed by atoms with E-state index in [1.807, 2.05) is 48.7 Å². The zero-order valence-corrected chi connectivity index (χ0v) is 17.0. The molecule has 4 aromatic rings. The molecule has 0 spiro atoms. The summed E-state index contributed by atoms with van der Waals surface area (Å²) >= 11 is 1.29. The largest absolute Gasteiger partial charge is 0.495 e. The topological polar surface area (TPSA) is 77.8 Å². The van der Waals surface area contributed by atoms with Crippen LogP contribution >= 0.6 is 11.3 Å². The fourth-order valence-electron chi connectivity index (χ4n) is 3.10. The molecule has 0 saturated heterocycles. The Bertz CT molecular complexity index is 1220. The second-order valence-corrected chi connectivity index (χ2v) is 7.53. The van der Waals surface area contributed by atoms with Crippen molar-refractivity contribution in [1.82, 2.24) is 0 Å². The van der Waals surface area contributed by atoms with E-state index in [0.717, 1.165) is 21.9 Å². The highest BCUT2D eigenvalue weighted by molar-refractivity contribution is 7.12. The van der Waals surface area contributed by atoms with Crippen LogP contribution in [0.4, 0.5) is 5.69 Å². The minimum atomic E-state index is -0.972. The van der Waals surface area contributed by atoms with Crippen LogP contribution < -0.4 is 10.1 Å². The fourth-order valence-corrected chi connectivity index (χ4v) is 3.91. The summed E-state index contributed by atoms with van der Waals surface area (Å²) in [6.07, 6.45) is -0.972. The maximum Gasteiger partial charge on any atom is 0.349 e. The van der Waals surface area contributed by atoms with Crippen molar-refractivity contribution in [3.8, 4) is 5.75 Å². The number of fused-ring (bicyclic) bond motifs is 3. The van der Waals surface area contributed by atoms with Gasteiger partial charge in [0.1, 0.15) is 21.8 Å². The van der Waals surface area contributed by atoms with Gasteiger partial charge in [0.05, 0.1) is 12.8 Å². The van der Waals surface area contributed by atoms with Gasteiger partial charge in [-0.3, -0.25) is 4.79 Å². The molecule has 1 amide bonds. The number of carbonyl (C=O) groups is 2. The normalized spacial score (nSPS) is 12.1. The first-order chi connectivity index (χ1) is 14.0. The van der Waals surface area contributed by atoms with Crippen LogP contribution in [0.25, 0.3) is 21.9 Å². The molecule has 0 bridgehead atoms. The Morgan fingerprint density at radius 2 is 1.90 bits per heavy atom. The molecule has 2 aromatic heterocycles. The number of aryl methyl sites for hydroxylation is 1. The van der Waals surface area contributed by atoms with Crippen molar-refractivity contribution in [3.05, 3.63) is 58.3 Å². The van der Waals surface area contributed by atoms with Crippen molar-refractivity contribution in [2.24, 2.45) is 0 Å². The molecule has 0 fully saturated rings. The molecule has 2 aromatic carbocycles. The molecule has 29 heavy (non-hydrogen) atoms. The van der Waals surface area contributed by atoms with Gasteiger partial charge in [-0.25, -0.2) is 4.79 Å². The van der Waals surface area contributed by atoms with Gasteiger partial charge < -0.3 is 19.2 Å². The summed E-state index contributed by atoms with van der Waals surface area (Å²) in [4.78, 5) is 25.4. The Kier molecular flexibility index (Phi) is 4.98. The van der Waals surface area contributed by atoms with Crippen molar-refractivity contribution < 1.29 is 23.5 Å². The molecule has 0 aliphatic rings. The predicted octanol–water partition coefficient (Wildman–Crippen LogP) is 5.15. The van der Waals surface area contributed by atoms with E-state index >= 15 is 0 Å². The van der Waals surface area contributed by atoms with Gasteiger partial charge in [-0.1, -0.05) is 18.2 Å². The lowest BCUT2D eigenvalue weighted by Gasteiger charge is -2.15. The van der Waals surface area contributed by atoms with Crippen LogP contribution in [-0.2, 0) is 9.53 Å². The molecule has 0 aliphatic heterocycles. The Hall–Kier alpha value is -3.32. The quantitative estimate of drug-likeness (QED) is 0.461. The average Bonchev–Trinajstić information content (AvgIpc) is 3.30. The monoisotopic (exact) mass is 409 g/mol. The zero-order chi connectivity index (χ0) is 20.5. The lowest BCUT2D eigenvalue weighted by Crippen LogP contribution is -2.30. The van der Waals surface area contributed by atoms with Crippen LogP contribution in [0.2, 0.25) is 0 Å². The number of thiophene rings is 1. The first kappa shape index (κ1) is 19.0. The van der Waals surface area contributed by atoms with E-state index in [0.29, 0.717) is 21.9 Å². The molecule has 6 nitrogen and oxygen atoms in total. The number of para-hydroxylation sites is 1. The molecule has 1 atom stereocenters. The van der Waals surface area contributed by atoms with E-state index in [2.05, 4.69) is 5.32 Å².